The largest absolute Gasteiger partial charge is 0.481 e. The molecule has 2 heterocycles. The van der Waals surface area contributed by atoms with Crippen molar-refractivity contribution in [2.45, 2.75) is 20.0 Å². The molecule has 2 aromatic rings. The molecule has 0 fully saturated rings. The summed E-state index contributed by atoms with van der Waals surface area (Å²) in [6.45, 7) is 3.57. The van der Waals surface area contributed by atoms with E-state index in [1.54, 1.807) is 31.7 Å². The van der Waals surface area contributed by atoms with Gasteiger partial charge in [-0.05, 0) is 35.6 Å². The van der Waals surface area contributed by atoms with Gasteiger partial charge in [-0.2, -0.15) is 0 Å². The molecule has 112 valence electrons. The van der Waals surface area contributed by atoms with E-state index in [9.17, 15) is 0 Å². The Labute approximate surface area is 129 Å². The van der Waals surface area contributed by atoms with Crippen molar-refractivity contribution in [1.29, 1.82) is 0 Å². The first kappa shape index (κ1) is 15.3. The lowest BCUT2D eigenvalue weighted by atomic mass is 10.2. The Bertz CT molecular complexity index is 609. The maximum Gasteiger partial charge on any atom is 0.213 e. The third-order valence-electron chi connectivity index (χ3n) is 3.08. The van der Waals surface area contributed by atoms with Crippen molar-refractivity contribution in [3.63, 3.8) is 0 Å². The van der Waals surface area contributed by atoms with E-state index in [1.807, 2.05) is 12.1 Å². The van der Waals surface area contributed by atoms with Crippen LogP contribution in [0.1, 0.15) is 16.0 Å². The van der Waals surface area contributed by atoms with E-state index in [-0.39, 0.29) is 0 Å². The lowest BCUT2D eigenvalue weighted by Gasteiger charge is -2.12. The minimum atomic E-state index is 0.617. The lowest BCUT2D eigenvalue weighted by Crippen LogP contribution is -2.36. The third kappa shape index (κ3) is 4.46. The first-order valence-corrected chi connectivity index (χ1v) is 7.57. The van der Waals surface area contributed by atoms with Crippen molar-refractivity contribution in [3.8, 4) is 5.88 Å². The van der Waals surface area contributed by atoms with Gasteiger partial charge in [0.15, 0.2) is 5.96 Å². The number of methoxy groups -OCH3 is 1. The van der Waals surface area contributed by atoms with Gasteiger partial charge in [-0.1, -0.05) is 0 Å². The molecule has 0 aliphatic rings. The van der Waals surface area contributed by atoms with Gasteiger partial charge in [0.25, 0.3) is 0 Å². The second-order valence-corrected chi connectivity index (χ2v) is 5.51. The highest BCUT2D eigenvalue weighted by Crippen LogP contribution is 2.14. The Balaban J connectivity index is 1.86. The average Bonchev–Trinajstić information content (AvgIpc) is 2.93. The van der Waals surface area contributed by atoms with Crippen LogP contribution in [0.2, 0.25) is 0 Å². The standard InChI is InChI=1S/C15H20N4OS/c1-11-5-7-21-13(11)10-19-15(16-2)18-9-12-4-6-17-14(8-12)20-3/h4-8H,9-10H2,1-3H3,(H2,16,18,19). The quantitative estimate of drug-likeness (QED) is 0.657. The number of rotatable bonds is 5. The zero-order chi connectivity index (χ0) is 15.1. The lowest BCUT2D eigenvalue weighted by molar-refractivity contribution is 0.397. The fourth-order valence-corrected chi connectivity index (χ4v) is 2.67. The molecule has 0 aliphatic carbocycles. The molecule has 0 saturated carbocycles. The summed E-state index contributed by atoms with van der Waals surface area (Å²) in [5.41, 5.74) is 2.40. The predicted octanol–water partition coefficient (Wildman–Crippen LogP) is 2.33. The number of ether oxygens (including phenoxy) is 1. The number of nitrogens with one attached hydrogen (secondary N) is 2. The van der Waals surface area contributed by atoms with Gasteiger partial charge in [0.1, 0.15) is 0 Å². The van der Waals surface area contributed by atoms with E-state index in [2.05, 4.69) is 39.0 Å². The zero-order valence-electron chi connectivity index (χ0n) is 12.5. The maximum atomic E-state index is 5.11. The molecule has 0 spiro atoms. The molecule has 2 aromatic heterocycles. The van der Waals surface area contributed by atoms with Gasteiger partial charge in [0.05, 0.1) is 13.7 Å². The van der Waals surface area contributed by atoms with E-state index >= 15 is 0 Å². The number of nitrogens with zero attached hydrogens (tertiary/aromatic N) is 2. The van der Waals surface area contributed by atoms with Crippen LogP contribution >= 0.6 is 11.3 Å². The van der Waals surface area contributed by atoms with E-state index < -0.39 is 0 Å². The Morgan fingerprint density at radius 3 is 2.81 bits per heavy atom. The van der Waals surface area contributed by atoms with E-state index in [0.717, 1.165) is 18.1 Å². The van der Waals surface area contributed by atoms with Gasteiger partial charge in [0, 0.05) is 30.7 Å². The smallest absolute Gasteiger partial charge is 0.213 e. The second-order valence-electron chi connectivity index (χ2n) is 4.51. The van der Waals surface area contributed by atoms with Crippen molar-refractivity contribution < 1.29 is 4.74 Å². The highest BCUT2D eigenvalue weighted by atomic mass is 32.1. The molecule has 0 saturated heterocycles. The SMILES string of the molecule is CN=C(NCc1ccnc(OC)c1)NCc1sccc1C. The van der Waals surface area contributed by atoms with Crippen LogP contribution in [-0.2, 0) is 13.1 Å². The van der Waals surface area contributed by atoms with Crippen LogP contribution in [0.4, 0.5) is 0 Å². The molecule has 0 bridgehead atoms. The Morgan fingerprint density at radius 1 is 1.33 bits per heavy atom. The van der Waals surface area contributed by atoms with Gasteiger partial charge < -0.3 is 15.4 Å². The molecule has 0 aliphatic heterocycles. The number of pyridine rings is 1. The number of aliphatic imine (C=N–C) groups is 1. The minimum absolute atomic E-state index is 0.617. The normalized spacial score (nSPS) is 11.3. The highest BCUT2D eigenvalue weighted by Gasteiger charge is 2.03. The van der Waals surface area contributed by atoms with Crippen LogP contribution in [0.5, 0.6) is 5.88 Å². The Kier molecular flexibility index (Phi) is 5.57. The van der Waals surface area contributed by atoms with Gasteiger partial charge in [-0.15, -0.1) is 11.3 Å². The maximum absolute atomic E-state index is 5.11. The molecular formula is C15H20N4OS. The Hall–Kier alpha value is -2.08. The van der Waals surface area contributed by atoms with E-state index in [0.29, 0.717) is 12.4 Å². The van der Waals surface area contributed by atoms with Crippen molar-refractivity contribution in [3.05, 3.63) is 45.8 Å². The number of hydrogen-bond acceptors (Lipinski definition) is 4. The molecule has 0 unspecified atom stereocenters. The molecule has 2 N–H and O–H groups in total. The van der Waals surface area contributed by atoms with Gasteiger partial charge >= 0.3 is 0 Å². The second kappa shape index (κ2) is 7.64. The summed E-state index contributed by atoms with van der Waals surface area (Å²) in [4.78, 5) is 9.64. The number of hydrogen-bond donors (Lipinski definition) is 2. The van der Waals surface area contributed by atoms with Crippen molar-refractivity contribution in [2.75, 3.05) is 14.2 Å². The first-order chi connectivity index (χ1) is 10.2. The van der Waals surface area contributed by atoms with E-state index in [1.165, 1.54) is 10.4 Å². The van der Waals surface area contributed by atoms with Gasteiger partial charge in [0.2, 0.25) is 5.88 Å². The highest BCUT2D eigenvalue weighted by molar-refractivity contribution is 7.10. The van der Waals surface area contributed by atoms with Crippen molar-refractivity contribution >= 4 is 17.3 Å². The molecule has 0 atom stereocenters. The summed E-state index contributed by atoms with van der Waals surface area (Å²) in [6.07, 6.45) is 1.74. The summed E-state index contributed by atoms with van der Waals surface area (Å²) in [6, 6.07) is 5.98. The summed E-state index contributed by atoms with van der Waals surface area (Å²) >= 11 is 1.75. The average molecular weight is 304 g/mol. The van der Waals surface area contributed by atoms with Gasteiger partial charge in [-0.25, -0.2) is 4.98 Å². The molecule has 21 heavy (non-hydrogen) atoms. The number of thiophene rings is 1. The van der Waals surface area contributed by atoms with Gasteiger partial charge in [-0.3, -0.25) is 4.99 Å². The van der Waals surface area contributed by atoms with Crippen LogP contribution in [-0.4, -0.2) is 25.1 Å². The van der Waals surface area contributed by atoms with E-state index in [4.69, 9.17) is 4.74 Å². The zero-order valence-corrected chi connectivity index (χ0v) is 13.3. The first-order valence-electron chi connectivity index (χ1n) is 6.69. The summed E-state index contributed by atoms with van der Waals surface area (Å²) < 4.78 is 5.11. The van der Waals surface area contributed by atoms with Crippen LogP contribution in [0.3, 0.4) is 0 Å². The Morgan fingerprint density at radius 2 is 2.14 bits per heavy atom. The summed E-state index contributed by atoms with van der Waals surface area (Å²) in [5.74, 6) is 1.39. The number of guanidine groups is 1. The van der Waals surface area contributed by atoms with Crippen molar-refractivity contribution in [2.24, 2.45) is 4.99 Å². The molecule has 0 radical (unpaired) electrons. The van der Waals surface area contributed by atoms with Crippen LogP contribution in [0.25, 0.3) is 0 Å². The molecular weight excluding hydrogens is 284 g/mol. The van der Waals surface area contributed by atoms with Crippen molar-refractivity contribution in [1.82, 2.24) is 15.6 Å². The monoisotopic (exact) mass is 304 g/mol. The number of aryl methyl sites for hydroxylation is 1. The topological polar surface area (TPSA) is 58.5 Å². The summed E-state index contributed by atoms with van der Waals surface area (Å²) in [5, 5.41) is 8.70. The summed E-state index contributed by atoms with van der Waals surface area (Å²) in [7, 11) is 3.38. The third-order valence-corrected chi connectivity index (χ3v) is 4.10. The fourth-order valence-electron chi connectivity index (χ4n) is 1.83. The molecule has 5 nitrogen and oxygen atoms in total. The predicted molar refractivity (Wildman–Crippen MR) is 86.9 cm³/mol. The minimum Gasteiger partial charge on any atom is -0.481 e. The number of aromatic nitrogens is 1. The molecule has 0 amide bonds. The van der Waals surface area contributed by atoms with Crippen LogP contribution in [0, 0.1) is 6.92 Å². The fraction of sp³-hybridized carbons (Fsp3) is 0.333. The van der Waals surface area contributed by atoms with Crippen LogP contribution in [0.15, 0.2) is 34.8 Å². The van der Waals surface area contributed by atoms with Crippen LogP contribution < -0.4 is 15.4 Å². The molecule has 2 rings (SSSR count). The molecule has 6 heteroatoms. The molecule has 0 aromatic carbocycles.